The van der Waals surface area contributed by atoms with E-state index in [0.717, 1.165) is 37.8 Å². The van der Waals surface area contributed by atoms with Crippen LogP contribution in [-0.2, 0) is 10.2 Å². The van der Waals surface area contributed by atoms with E-state index < -0.39 is 0 Å². The first-order valence-electron chi connectivity index (χ1n) is 8.06. The second-order valence-electron chi connectivity index (χ2n) is 6.79. The summed E-state index contributed by atoms with van der Waals surface area (Å²) in [6, 6.07) is 10.4. The minimum atomic E-state index is 0.158. The van der Waals surface area contributed by atoms with E-state index in [0.29, 0.717) is 5.95 Å². The quantitative estimate of drug-likeness (QED) is 0.942. The van der Waals surface area contributed by atoms with Crippen molar-refractivity contribution in [1.29, 1.82) is 0 Å². The molecule has 0 saturated carbocycles. The average Bonchev–Trinajstić information content (AvgIpc) is 2.56. The van der Waals surface area contributed by atoms with Gasteiger partial charge in [0.15, 0.2) is 0 Å². The number of hydrogen-bond donors (Lipinski definition) is 1. The van der Waals surface area contributed by atoms with Gasteiger partial charge in [0.1, 0.15) is 5.82 Å². The summed E-state index contributed by atoms with van der Waals surface area (Å²) in [5.41, 5.74) is 2.47. The van der Waals surface area contributed by atoms with E-state index in [2.05, 4.69) is 65.2 Å². The third kappa shape index (κ3) is 3.99. The van der Waals surface area contributed by atoms with Gasteiger partial charge in [0, 0.05) is 25.0 Å². The van der Waals surface area contributed by atoms with Crippen LogP contribution in [0.15, 0.2) is 36.5 Å². The molecule has 1 aromatic heterocycles. The lowest BCUT2D eigenvalue weighted by atomic mass is 9.87. The van der Waals surface area contributed by atoms with Crippen molar-refractivity contribution in [2.45, 2.75) is 26.2 Å². The van der Waals surface area contributed by atoms with E-state index in [9.17, 15) is 0 Å². The van der Waals surface area contributed by atoms with E-state index >= 15 is 0 Å². The summed E-state index contributed by atoms with van der Waals surface area (Å²) in [6.45, 7) is 9.88. The second kappa shape index (κ2) is 6.54. The largest absolute Gasteiger partial charge is 0.378 e. The molecule has 1 N–H and O–H groups in total. The molecule has 122 valence electrons. The minimum absolute atomic E-state index is 0.158. The van der Waals surface area contributed by atoms with E-state index in [1.54, 1.807) is 6.20 Å². The fourth-order valence-electron chi connectivity index (χ4n) is 2.56. The topological polar surface area (TPSA) is 50.3 Å². The van der Waals surface area contributed by atoms with Crippen LogP contribution in [0.25, 0.3) is 0 Å². The molecule has 0 radical (unpaired) electrons. The number of benzene rings is 1. The second-order valence-corrected chi connectivity index (χ2v) is 6.79. The monoisotopic (exact) mass is 312 g/mol. The van der Waals surface area contributed by atoms with Crippen LogP contribution in [-0.4, -0.2) is 36.3 Å². The molecule has 0 atom stereocenters. The number of ether oxygens (including phenoxy) is 1. The maximum absolute atomic E-state index is 5.38. The first kappa shape index (κ1) is 15.7. The lowest BCUT2D eigenvalue weighted by Crippen LogP contribution is -2.36. The van der Waals surface area contributed by atoms with Gasteiger partial charge in [-0.3, -0.25) is 0 Å². The Balaban J connectivity index is 1.72. The zero-order chi connectivity index (χ0) is 16.3. The smallest absolute Gasteiger partial charge is 0.229 e. The molecule has 1 aliphatic rings. The fraction of sp³-hybridized carbons (Fsp3) is 0.444. The summed E-state index contributed by atoms with van der Waals surface area (Å²) >= 11 is 0. The molecule has 0 amide bonds. The molecule has 1 aromatic carbocycles. The Hall–Kier alpha value is -2.14. The molecule has 5 heteroatoms. The van der Waals surface area contributed by atoms with Crippen molar-refractivity contribution in [3.8, 4) is 0 Å². The van der Waals surface area contributed by atoms with Crippen molar-refractivity contribution in [2.75, 3.05) is 36.5 Å². The van der Waals surface area contributed by atoms with Gasteiger partial charge in [0.2, 0.25) is 5.95 Å². The van der Waals surface area contributed by atoms with Gasteiger partial charge in [0.05, 0.1) is 13.2 Å². The Kier molecular flexibility index (Phi) is 4.48. The molecular formula is C18H24N4O. The Morgan fingerprint density at radius 1 is 1.04 bits per heavy atom. The highest BCUT2D eigenvalue weighted by Gasteiger charge is 2.14. The molecule has 0 unspecified atom stereocenters. The average molecular weight is 312 g/mol. The molecule has 2 heterocycles. The number of nitrogens with zero attached hydrogens (tertiary/aromatic N) is 3. The zero-order valence-corrected chi connectivity index (χ0v) is 14.0. The molecule has 2 aromatic rings. The van der Waals surface area contributed by atoms with Crippen molar-refractivity contribution in [3.05, 3.63) is 42.1 Å². The molecule has 0 spiro atoms. The molecule has 23 heavy (non-hydrogen) atoms. The first-order valence-corrected chi connectivity index (χ1v) is 8.06. The Labute approximate surface area is 137 Å². The van der Waals surface area contributed by atoms with Gasteiger partial charge in [0.25, 0.3) is 0 Å². The Bertz CT molecular complexity index is 643. The number of aromatic nitrogens is 2. The number of rotatable bonds is 3. The summed E-state index contributed by atoms with van der Waals surface area (Å²) in [6.07, 6.45) is 1.80. The first-order chi connectivity index (χ1) is 11.0. The third-order valence-corrected chi connectivity index (χ3v) is 3.98. The van der Waals surface area contributed by atoms with Gasteiger partial charge in [-0.1, -0.05) is 32.9 Å². The summed E-state index contributed by atoms with van der Waals surface area (Å²) in [4.78, 5) is 11.2. The highest BCUT2D eigenvalue weighted by molar-refractivity contribution is 5.55. The molecule has 3 rings (SSSR count). The van der Waals surface area contributed by atoms with E-state index in [4.69, 9.17) is 4.74 Å². The van der Waals surface area contributed by atoms with Crippen LogP contribution in [0, 0.1) is 0 Å². The van der Waals surface area contributed by atoms with Crippen molar-refractivity contribution in [1.82, 2.24) is 9.97 Å². The summed E-state index contributed by atoms with van der Waals surface area (Å²) < 4.78 is 5.38. The predicted molar refractivity (Wildman–Crippen MR) is 93.5 cm³/mol. The summed E-state index contributed by atoms with van der Waals surface area (Å²) in [5, 5.41) is 3.28. The van der Waals surface area contributed by atoms with Crippen LogP contribution < -0.4 is 10.2 Å². The van der Waals surface area contributed by atoms with Crippen molar-refractivity contribution in [2.24, 2.45) is 0 Å². The van der Waals surface area contributed by atoms with Gasteiger partial charge in [-0.05, 0) is 29.2 Å². The SMILES string of the molecule is CC(C)(C)c1ccc(Nc2nccc(N3CCOCC3)n2)cc1. The standard InChI is InChI=1S/C18H24N4O/c1-18(2,3)14-4-6-15(7-5-14)20-17-19-9-8-16(21-17)22-10-12-23-13-11-22/h4-9H,10-13H2,1-3H3,(H,19,20,21). The lowest BCUT2D eigenvalue weighted by Gasteiger charge is -2.27. The van der Waals surface area contributed by atoms with Gasteiger partial charge in [-0.25, -0.2) is 4.98 Å². The van der Waals surface area contributed by atoms with Crippen LogP contribution in [0.4, 0.5) is 17.5 Å². The van der Waals surface area contributed by atoms with Crippen LogP contribution in [0.1, 0.15) is 26.3 Å². The van der Waals surface area contributed by atoms with Crippen LogP contribution in [0.2, 0.25) is 0 Å². The number of hydrogen-bond acceptors (Lipinski definition) is 5. The number of anilines is 3. The molecule has 1 fully saturated rings. The van der Waals surface area contributed by atoms with Crippen LogP contribution in [0.3, 0.4) is 0 Å². The molecular weight excluding hydrogens is 288 g/mol. The summed E-state index contributed by atoms with van der Waals surface area (Å²) in [5.74, 6) is 1.56. The predicted octanol–water partition coefficient (Wildman–Crippen LogP) is 3.35. The van der Waals surface area contributed by atoms with Crippen molar-refractivity contribution < 1.29 is 4.74 Å². The van der Waals surface area contributed by atoms with Crippen LogP contribution >= 0.6 is 0 Å². The molecule has 1 aliphatic heterocycles. The molecule has 1 saturated heterocycles. The molecule has 5 nitrogen and oxygen atoms in total. The van der Waals surface area contributed by atoms with Gasteiger partial charge >= 0.3 is 0 Å². The van der Waals surface area contributed by atoms with E-state index in [1.807, 2.05) is 6.07 Å². The maximum Gasteiger partial charge on any atom is 0.229 e. The highest BCUT2D eigenvalue weighted by Crippen LogP contribution is 2.24. The normalized spacial score (nSPS) is 15.5. The van der Waals surface area contributed by atoms with Gasteiger partial charge in [-0.2, -0.15) is 4.98 Å². The van der Waals surface area contributed by atoms with Gasteiger partial charge < -0.3 is 15.0 Å². The van der Waals surface area contributed by atoms with E-state index in [-0.39, 0.29) is 5.41 Å². The fourth-order valence-corrected chi connectivity index (χ4v) is 2.56. The summed E-state index contributed by atoms with van der Waals surface area (Å²) in [7, 11) is 0. The number of morpholine rings is 1. The third-order valence-electron chi connectivity index (χ3n) is 3.98. The minimum Gasteiger partial charge on any atom is -0.378 e. The van der Waals surface area contributed by atoms with Gasteiger partial charge in [-0.15, -0.1) is 0 Å². The Morgan fingerprint density at radius 3 is 2.39 bits per heavy atom. The molecule has 0 aliphatic carbocycles. The highest BCUT2D eigenvalue weighted by atomic mass is 16.5. The maximum atomic E-state index is 5.38. The van der Waals surface area contributed by atoms with Crippen LogP contribution in [0.5, 0.6) is 0 Å². The zero-order valence-electron chi connectivity index (χ0n) is 14.0. The van der Waals surface area contributed by atoms with Crippen molar-refractivity contribution in [3.63, 3.8) is 0 Å². The van der Waals surface area contributed by atoms with Crippen molar-refractivity contribution >= 4 is 17.5 Å². The number of nitrogens with one attached hydrogen (secondary N) is 1. The van der Waals surface area contributed by atoms with E-state index in [1.165, 1.54) is 5.56 Å². The molecule has 0 bridgehead atoms. The lowest BCUT2D eigenvalue weighted by molar-refractivity contribution is 0.122. The Morgan fingerprint density at radius 2 is 1.74 bits per heavy atom.